The van der Waals surface area contributed by atoms with Crippen LogP contribution < -0.4 is 20.3 Å². The van der Waals surface area contributed by atoms with E-state index in [1.165, 1.54) is 0 Å². The summed E-state index contributed by atoms with van der Waals surface area (Å²) in [7, 11) is 0. The van der Waals surface area contributed by atoms with Gasteiger partial charge in [-0.25, -0.2) is 0 Å². The van der Waals surface area contributed by atoms with Crippen molar-refractivity contribution in [3.8, 4) is 16.9 Å². The van der Waals surface area contributed by atoms with E-state index in [-0.39, 0.29) is 5.91 Å². The standard InChI is InChI=1S/C34H32N4O3/c1-3-23(2)32(34(39)37-18-19-40-31-20-26(14-16-29(31)37)25-12-8-5-9-13-25)38(22-24-10-6-4-7-11-24)27-15-17-30-28(21-27)33(35)36-41-30/h3-17,20-21,32H,18-19,22H2,1-2H3,(H2,35,36)/b23-3+. The van der Waals surface area contributed by atoms with E-state index >= 15 is 0 Å². The Bertz CT molecular complexity index is 1710. The van der Waals surface area contributed by atoms with Crippen LogP contribution in [0.15, 0.2) is 113 Å². The first kappa shape index (κ1) is 26.2. The van der Waals surface area contributed by atoms with Crippen molar-refractivity contribution in [3.05, 3.63) is 114 Å². The molecule has 1 aromatic heterocycles. The molecular weight excluding hydrogens is 512 g/mol. The van der Waals surface area contributed by atoms with Gasteiger partial charge in [0.25, 0.3) is 5.91 Å². The molecule has 1 unspecified atom stereocenters. The zero-order valence-corrected chi connectivity index (χ0v) is 23.2. The van der Waals surface area contributed by atoms with Crippen LogP contribution in [0.1, 0.15) is 19.4 Å². The van der Waals surface area contributed by atoms with Crippen molar-refractivity contribution < 1.29 is 14.1 Å². The molecule has 0 bridgehead atoms. The van der Waals surface area contributed by atoms with Gasteiger partial charge in [0.2, 0.25) is 0 Å². The molecule has 7 heteroatoms. The van der Waals surface area contributed by atoms with E-state index in [1.807, 2.05) is 97.6 Å². The van der Waals surface area contributed by atoms with Gasteiger partial charge < -0.3 is 24.8 Å². The van der Waals surface area contributed by atoms with E-state index in [4.69, 9.17) is 15.0 Å². The largest absolute Gasteiger partial charge is 0.490 e. The highest BCUT2D eigenvalue weighted by Gasteiger charge is 2.35. The third-order valence-corrected chi connectivity index (χ3v) is 7.64. The van der Waals surface area contributed by atoms with Crippen LogP contribution >= 0.6 is 0 Å². The number of benzene rings is 4. The fourth-order valence-corrected chi connectivity index (χ4v) is 5.37. The number of rotatable bonds is 7. The molecule has 5 aromatic rings. The average Bonchev–Trinajstić information content (AvgIpc) is 3.40. The number of hydrogen-bond acceptors (Lipinski definition) is 6. The van der Waals surface area contributed by atoms with Gasteiger partial charge in [0, 0.05) is 12.2 Å². The van der Waals surface area contributed by atoms with Crippen molar-refractivity contribution in [1.82, 2.24) is 5.16 Å². The van der Waals surface area contributed by atoms with Gasteiger partial charge in [-0.1, -0.05) is 78.0 Å². The van der Waals surface area contributed by atoms with Gasteiger partial charge in [-0.15, -0.1) is 0 Å². The molecule has 0 saturated carbocycles. The van der Waals surface area contributed by atoms with Crippen LogP contribution in [-0.4, -0.2) is 30.3 Å². The van der Waals surface area contributed by atoms with E-state index in [9.17, 15) is 4.79 Å². The quantitative estimate of drug-likeness (QED) is 0.226. The van der Waals surface area contributed by atoms with Gasteiger partial charge in [-0.3, -0.25) is 4.79 Å². The van der Waals surface area contributed by atoms with Crippen molar-refractivity contribution in [1.29, 1.82) is 0 Å². The SMILES string of the molecule is C/C=C(\C)C(C(=O)N1CCOc2cc(-c3ccccc3)ccc21)N(Cc1ccccc1)c1ccc2onc(N)c2c1. The minimum atomic E-state index is -0.571. The lowest BCUT2D eigenvalue weighted by molar-refractivity contribution is -0.119. The summed E-state index contributed by atoms with van der Waals surface area (Å²) < 4.78 is 11.4. The predicted octanol–water partition coefficient (Wildman–Crippen LogP) is 6.84. The number of aromatic nitrogens is 1. The number of carbonyl (C=O) groups is 1. The van der Waals surface area contributed by atoms with Crippen molar-refractivity contribution in [2.24, 2.45) is 0 Å². The summed E-state index contributed by atoms with van der Waals surface area (Å²) >= 11 is 0. The minimum Gasteiger partial charge on any atom is -0.490 e. The Morgan fingerprint density at radius 2 is 1.76 bits per heavy atom. The van der Waals surface area contributed by atoms with Crippen LogP contribution in [-0.2, 0) is 11.3 Å². The first-order valence-electron chi connectivity index (χ1n) is 13.8. The number of hydrogen-bond donors (Lipinski definition) is 1. The van der Waals surface area contributed by atoms with E-state index in [0.717, 1.165) is 39.0 Å². The predicted molar refractivity (Wildman–Crippen MR) is 164 cm³/mol. The molecular formula is C34H32N4O3. The molecule has 1 aliphatic rings. The maximum Gasteiger partial charge on any atom is 0.254 e. The summed E-state index contributed by atoms with van der Waals surface area (Å²) in [6.07, 6.45) is 2.01. The third kappa shape index (κ3) is 5.14. The lowest BCUT2D eigenvalue weighted by Gasteiger charge is -2.38. The maximum atomic E-state index is 14.6. The Morgan fingerprint density at radius 3 is 2.51 bits per heavy atom. The number of amides is 1. The van der Waals surface area contributed by atoms with Crippen molar-refractivity contribution >= 4 is 34.1 Å². The number of anilines is 3. The fourth-order valence-electron chi connectivity index (χ4n) is 5.37. The number of ether oxygens (including phenoxy) is 1. The zero-order chi connectivity index (χ0) is 28.3. The van der Waals surface area contributed by atoms with E-state index in [0.29, 0.717) is 36.8 Å². The molecule has 2 N–H and O–H groups in total. The summed E-state index contributed by atoms with van der Waals surface area (Å²) in [6.45, 7) is 5.37. The fraction of sp³-hybridized carbons (Fsp3) is 0.176. The molecule has 4 aromatic carbocycles. The molecule has 1 atom stereocenters. The van der Waals surface area contributed by atoms with Crippen molar-refractivity contribution in [3.63, 3.8) is 0 Å². The van der Waals surface area contributed by atoms with E-state index in [1.54, 1.807) is 0 Å². The van der Waals surface area contributed by atoms with Crippen LogP contribution in [0.2, 0.25) is 0 Å². The lowest BCUT2D eigenvalue weighted by atomic mass is 10.0. The number of carbonyl (C=O) groups excluding carboxylic acids is 1. The highest BCUT2D eigenvalue weighted by atomic mass is 16.5. The average molecular weight is 545 g/mol. The molecule has 1 aliphatic heterocycles. The Morgan fingerprint density at radius 1 is 1.00 bits per heavy atom. The molecule has 41 heavy (non-hydrogen) atoms. The molecule has 1 amide bonds. The molecule has 0 spiro atoms. The van der Waals surface area contributed by atoms with E-state index in [2.05, 4.69) is 34.3 Å². The molecule has 0 fully saturated rings. The van der Waals surface area contributed by atoms with Crippen LogP contribution in [0.3, 0.4) is 0 Å². The zero-order valence-electron chi connectivity index (χ0n) is 23.2. The van der Waals surface area contributed by atoms with Crippen LogP contribution in [0, 0.1) is 0 Å². The molecule has 206 valence electrons. The van der Waals surface area contributed by atoms with Gasteiger partial charge in [-0.2, -0.15) is 0 Å². The number of nitrogens with zero attached hydrogens (tertiary/aromatic N) is 3. The number of nitrogen functional groups attached to an aromatic ring is 1. The van der Waals surface area contributed by atoms with Crippen LogP contribution in [0.25, 0.3) is 22.1 Å². The minimum absolute atomic E-state index is 0.0214. The van der Waals surface area contributed by atoms with E-state index < -0.39 is 6.04 Å². The third-order valence-electron chi connectivity index (χ3n) is 7.64. The Labute approximate surface area is 239 Å². The van der Waals surface area contributed by atoms with Gasteiger partial charge in [-0.05, 0) is 66.4 Å². The first-order chi connectivity index (χ1) is 20.0. The summed E-state index contributed by atoms with van der Waals surface area (Å²) in [5.74, 6) is 1.01. The molecule has 7 nitrogen and oxygen atoms in total. The number of fused-ring (bicyclic) bond motifs is 2. The van der Waals surface area contributed by atoms with Gasteiger partial charge in [0.15, 0.2) is 11.4 Å². The molecule has 6 rings (SSSR count). The highest BCUT2D eigenvalue weighted by Crippen LogP contribution is 2.38. The maximum absolute atomic E-state index is 14.6. The monoisotopic (exact) mass is 544 g/mol. The topological polar surface area (TPSA) is 84.8 Å². The second-order valence-corrected chi connectivity index (χ2v) is 10.2. The van der Waals surface area contributed by atoms with Crippen LogP contribution in [0.5, 0.6) is 5.75 Å². The van der Waals surface area contributed by atoms with Gasteiger partial charge >= 0.3 is 0 Å². The second-order valence-electron chi connectivity index (χ2n) is 10.2. The molecule has 2 heterocycles. The van der Waals surface area contributed by atoms with Gasteiger partial charge in [0.1, 0.15) is 18.4 Å². The van der Waals surface area contributed by atoms with Gasteiger partial charge in [0.05, 0.1) is 17.6 Å². The van der Waals surface area contributed by atoms with Crippen molar-refractivity contribution in [2.75, 3.05) is 28.7 Å². The lowest BCUT2D eigenvalue weighted by Crippen LogP contribution is -2.51. The second kappa shape index (κ2) is 11.2. The Balaban J connectivity index is 1.42. The molecule has 0 aliphatic carbocycles. The number of allylic oxidation sites excluding steroid dienone is 1. The molecule has 0 saturated heterocycles. The summed E-state index contributed by atoms with van der Waals surface area (Å²) in [6, 6.07) is 31.6. The summed E-state index contributed by atoms with van der Waals surface area (Å²) in [5.41, 5.74) is 12.5. The number of nitrogens with two attached hydrogens (primary N) is 1. The highest BCUT2D eigenvalue weighted by molar-refractivity contribution is 6.03. The van der Waals surface area contributed by atoms with Crippen molar-refractivity contribution in [2.45, 2.75) is 26.4 Å². The Hall–Kier alpha value is -5.04. The summed E-state index contributed by atoms with van der Waals surface area (Å²) in [5, 5.41) is 4.64. The first-order valence-corrected chi connectivity index (χ1v) is 13.8. The normalized spacial score (nSPS) is 13.9. The summed E-state index contributed by atoms with van der Waals surface area (Å²) in [4.78, 5) is 18.6. The molecule has 0 radical (unpaired) electrons. The smallest absolute Gasteiger partial charge is 0.254 e. The van der Waals surface area contributed by atoms with Crippen LogP contribution in [0.4, 0.5) is 17.2 Å². The Kier molecular flexibility index (Phi) is 7.17.